The number of hydrogen-bond donors (Lipinski definition) is 1. The second kappa shape index (κ2) is 4.95. The summed E-state index contributed by atoms with van der Waals surface area (Å²) in [5.74, 6) is -0.355. The van der Waals surface area contributed by atoms with E-state index in [1.165, 1.54) is 29.0 Å². The molecule has 17 heavy (non-hydrogen) atoms. The van der Waals surface area contributed by atoms with Gasteiger partial charge in [-0.3, -0.25) is 4.68 Å². The van der Waals surface area contributed by atoms with Gasteiger partial charge in [0, 0.05) is 12.8 Å². The molecular weight excluding hydrogens is 244 g/mol. The van der Waals surface area contributed by atoms with Gasteiger partial charge in [0.25, 0.3) is 0 Å². The van der Waals surface area contributed by atoms with Crippen molar-refractivity contribution in [2.75, 3.05) is 5.75 Å². The molecule has 90 valence electrons. The maximum atomic E-state index is 10.6. The molecule has 2 heterocycles. The van der Waals surface area contributed by atoms with Crippen molar-refractivity contribution in [3.63, 3.8) is 0 Å². The molecule has 0 aliphatic heterocycles. The van der Waals surface area contributed by atoms with Crippen molar-refractivity contribution >= 4 is 17.7 Å². The first-order valence-corrected chi connectivity index (χ1v) is 5.75. The number of rotatable bonds is 5. The summed E-state index contributed by atoms with van der Waals surface area (Å²) in [6, 6.07) is 0. The molecular formula is C8H10N6O2S. The van der Waals surface area contributed by atoms with Crippen LogP contribution in [0.2, 0.25) is 0 Å². The Hall–Kier alpha value is -1.90. The topological polar surface area (TPSA) is 98.7 Å². The molecule has 2 aromatic rings. The fourth-order valence-electron chi connectivity index (χ4n) is 1.15. The molecule has 1 N–H and O–H groups in total. The van der Waals surface area contributed by atoms with Gasteiger partial charge in [0.1, 0.15) is 6.33 Å². The number of aromatic nitrogens is 6. The molecule has 0 fully saturated rings. The number of carbonyl (C=O) groups is 1. The Morgan fingerprint density at radius 2 is 2.41 bits per heavy atom. The lowest BCUT2D eigenvalue weighted by atomic mass is 10.5. The van der Waals surface area contributed by atoms with E-state index in [0.717, 1.165) is 10.9 Å². The molecule has 9 heteroatoms. The van der Waals surface area contributed by atoms with Crippen LogP contribution < -0.4 is 0 Å². The second-order valence-corrected chi connectivity index (χ2v) is 4.25. The van der Waals surface area contributed by atoms with Crippen molar-refractivity contribution in [2.24, 2.45) is 7.05 Å². The first kappa shape index (κ1) is 11.6. The van der Waals surface area contributed by atoms with Crippen LogP contribution in [-0.4, -0.2) is 46.6 Å². The summed E-state index contributed by atoms with van der Waals surface area (Å²) in [6.45, 7) is 0.567. The Kier molecular flexibility index (Phi) is 3.38. The van der Waals surface area contributed by atoms with Crippen LogP contribution in [0, 0.1) is 0 Å². The molecule has 0 aromatic carbocycles. The average molecular weight is 254 g/mol. The van der Waals surface area contributed by atoms with E-state index in [1.807, 2.05) is 7.05 Å². The number of carboxylic acid groups (broad SMARTS) is 1. The van der Waals surface area contributed by atoms with Crippen molar-refractivity contribution in [3.05, 3.63) is 18.2 Å². The average Bonchev–Trinajstić information content (AvgIpc) is 2.89. The third kappa shape index (κ3) is 2.81. The minimum Gasteiger partial charge on any atom is -0.476 e. The predicted octanol–water partition coefficient (Wildman–Crippen LogP) is -0.103. The van der Waals surface area contributed by atoms with Gasteiger partial charge in [0.15, 0.2) is 10.9 Å². The lowest BCUT2D eigenvalue weighted by Gasteiger charge is -1.99. The highest BCUT2D eigenvalue weighted by atomic mass is 32.2. The summed E-state index contributed by atoms with van der Waals surface area (Å²) >= 11 is 1.52. The fourth-order valence-corrected chi connectivity index (χ4v) is 1.97. The maximum Gasteiger partial charge on any atom is 0.358 e. The van der Waals surface area contributed by atoms with Gasteiger partial charge >= 0.3 is 5.97 Å². The van der Waals surface area contributed by atoms with E-state index in [2.05, 4.69) is 20.4 Å². The van der Waals surface area contributed by atoms with E-state index >= 15 is 0 Å². The highest BCUT2D eigenvalue weighted by Crippen LogP contribution is 2.12. The Balaban J connectivity index is 1.86. The van der Waals surface area contributed by atoms with Crippen LogP contribution in [0.25, 0.3) is 0 Å². The van der Waals surface area contributed by atoms with Crippen LogP contribution >= 0.6 is 11.8 Å². The molecule has 8 nitrogen and oxygen atoms in total. The smallest absolute Gasteiger partial charge is 0.358 e. The standard InChI is InChI=1S/C8H10N6O2S/c1-13-8(9-5-10-13)17-3-2-14-4-6(7(15)16)11-12-14/h4-5H,2-3H2,1H3,(H,15,16). The normalized spacial score (nSPS) is 10.6. The van der Waals surface area contributed by atoms with Gasteiger partial charge in [-0.05, 0) is 0 Å². The number of nitrogens with zero attached hydrogens (tertiary/aromatic N) is 6. The zero-order valence-corrected chi connectivity index (χ0v) is 9.83. The second-order valence-electron chi connectivity index (χ2n) is 3.19. The van der Waals surface area contributed by atoms with Crippen molar-refractivity contribution in [1.29, 1.82) is 0 Å². The first-order chi connectivity index (χ1) is 8.16. The van der Waals surface area contributed by atoms with Crippen molar-refractivity contribution in [3.8, 4) is 0 Å². The maximum absolute atomic E-state index is 10.6. The molecule has 0 bridgehead atoms. The first-order valence-electron chi connectivity index (χ1n) is 4.77. The summed E-state index contributed by atoms with van der Waals surface area (Å²) in [6.07, 6.45) is 2.89. The third-order valence-corrected chi connectivity index (χ3v) is 2.99. The molecule has 0 atom stereocenters. The Bertz CT molecular complexity index is 522. The van der Waals surface area contributed by atoms with Gasteiger partial charge in [-0.1, -0.05) is 17.0 Å². The Morgan fingerprint density at radius 3 is 3.00 bits per heavy atom. The van der Waals surface area contributed by atoms with Gasteiger partial charge in [-0.25, -0.2) is 14.5 Å². The molecule has 0 saturated carbocycles. The van der Waals surface area contributed by atoms with E-state index < -0.39 is 5.97 Å². The molecule has 2 aromatic heterocycles. The zero-order valence-electron chi connectivity index (χ0n) is 9.02. The number of carboxylic acids is 1. The zero-order chi connectivity index (χ0) is 12.3. The van der Waals surface area contributed by atoms with Crippen LogP contribution in [0.1, 0.15) is 10.5 Å². The molecule has 0 spiro atoms. The van der Waals surface area contributed by atoms with Gasteiger partial charge in [0.2, 0.25) is 0 Å². The number of aryl methyl sites for hydroxylation is 2. The van der Waals surface area contributed by atoms with Gasteiger partial charge in [-0.15, -0.1) is 5.10 Å². The summed E-state index contributed by atoms with van der Waals surface area (Å²) in [4.78, 5) is 14.6. The van der Waals surface area contributed by atoms with Crippen LogP contribution in [-0.2, 0) is 13.6 Å². The highest BCUT2D eigenvalue weighted by Gasteiger charge is 2.08. The molecule has 2 rings (SSSR count). The molecule has 0 aliphatic carbocycles. The number of thioether (sulfide) groups is 1. The quantitative estimate of drug-likeness (QED) is 0.743. The largest absolute Gasteiger partial charge is 0.476 e. The SMILES string of the molecule is Cn1ncnc1SCCn1cc(C(=O)O)nn1. The Morgan fingerprint density at radius 1 is 1.59 bits per heavy atom. The molecule has 0 amide bonds. The lowest BCUT2D eigenvalue weighted by molar-refractivity contribution is 0.0690. The summed E-state index contributed by atoms with van der Waals surface area (Å²) in [5, 5.41) is 20.6. The van der Waals surface area contributed by atoms with E-state index in [4.69, 9.17) is 5.11 Å². The summed E-state index contributed by atoms with van der Waals surface area (Å²) in [7, 11) is 1.81. The fraction of sp³-hybridized carbons (Fsp3) is 0.375. The van der Waals surface area contributed by atoms with Crippen LogP contribution in [0.5, 0.6) is 0 Å². The van der Waals surface area contributed by atoms with Crippen molar-refractivity contribution in [1.82, 2.24) is 29.8 Å². The van der Waals surface area contributed by atoms with Crippen molar-refractivity contribution < 1.29 is 9.90 Å². The van der Waals surface area contributed by atoms with Crippen LogP contribution in [0.15, 0.2) is 17.7 Å². The Labute approximate surface area is 101 Å². The van der Waals surface area contributed by atoms with Crippen LogP contribution in [0.4, 0.5) is 0 Å². The number of hydrogen-bond acceptors (Lipinski definition) is 6. The minimum absolute atomic E-state index is 0.0475. The van der Waals surface area contributed by atoms with Gasteiger partial charge in [0.05, 0.1) is 12.7 Å². The van der Waals surface area contributed by atoms with E-state index in [0.29, 0.717) is 6.54 Å². The minimum atomic E-state index is -1.07. The van der Waals surface area contributed by atoms with E-state index in [9.17, 15) is 4.79 Å². The van der Waals surface area contributed by atoms with Crippen molar-refractivity contribution in [2.45, 2.75) is 11.7 Å². The van der Waals surface area contributed by atoms with Gasteiger partial charge in [-0.2, -0.15) is 5.10 Å². The summed E-state index contributed by atoms with van der Waals surface area (Å²) < 4.78 is 3.17. The number of aromatic carboxylic acids is 1. The monoisotopic (exact) mass is 254 g/mol. The van der Waals surface area contributed by atoms with Gasteiger partial charge < -0.3 is 5.11 Å². The lowest BCUT2D eigenvalue weighted by Crippen LogP contribution is -2.02. The summed E-state index contributed by atoms with van der Waals surface area (Å²) in [5.41, 5.74) is -0.0475. The molecule has 0 unspecified atom stereocenters. The highest BCUT2D eigenvalue weighted by molar-refractivity contribution is 7.99. The van der Waals surface area contributed by atoms with E-state index in [-0.39, 0.29) is 5.69 Å². The third-order valence-electron chi connectivity index (χ3n) is 1.98. The predicted molar refractivity (Wildman–Crippen MR) is 58.7 cm³/mol. The van der Waals surface area contributed by atoms with Crippen LogP contribution in [0.3, 0.4) is 0 Å². The molecule has 0 radical (unpaired) electrons. The molecule has 0 saturated heterocycles. The molecule has 0 aliphatic rings. The van der Waals surface area contributed by atoms with E-state index in [1.54, 1.807) is 4.68 Å².